The number of carbonyl (C=O) groups is 1. The predicted molar refractivity (Wildman–Crippen MR) is 98.7 cm³/mol. The molecule has 0 radical (unpaired) electrons. The van der Waals surface area contributed by atoms with Crippen LogP contribution in [-0.2, 0) is 14.0 Å². The Morgan fingerprint density at radius 3 is 2.58 bits per heavy atom. The third kappa shape index (κ3) is 4.06. The summed E-state index contributed by atoms with van der Waals surface area (Å²) in [6, 6.07) is 0. The van der Waals surface area contributed by atoms with E-state index in [4.69, 9.17) is 9.16 Å². The summed E-state index contributed by atoms with van der Waals surface area (Å²) in [5.74, 6) is 0. The summed E-state index contributed by atoms with van der Waals surface area (Å²) in [5, 5.41) is 10.00. The molecule has 1 aliphatic heterocycles. The largest absolute Gasteiger partial charge is 0.411 e. The molecule has 2 rings (SSSR count). The van der Waals surface area contributed by atoms with Crippen molar-refractivity contribution in [2.75, 3.05) is 0 Å². The Morgan fingerprint density at radius 2 is 2.04 bits per heavy atom. The third-order valence-corrected chi connectivity index (χ3v) is 9.80. The van der Waals surface area contributed by atoms with Crippen molar-refractivity contribution in [1.29, 1.82) is 0 Å². The number of H-pyrrole nitrogens is 1. The smallest absolute Gasteiger partial charge is 0.330 e. The van der Waals surface area contributed by atoms with Gasteiger partial charge < -0.3 is 19.1 Å². The first-order valence-electron chi connectivity index (χ1n) is 8.66. The number of aliphatic hydroxyl groups excluding tert-OH is 1. The quantitative estimate of drug-likeness (QED) is 0.581. The van der Waals surface area contributed by atoms with Crippen LogP contribution in [-0.4, -0.2) is 47.6 Å². The molecule has 1 aliphatic rings. The minimum atomic E-state index is -2.19. The Balaban J connectivity index is 2.35. The van der Waals surface area contributed by atoms with Gasteiger partial charge in [-0.1, -0.05) is 20.8 Å². The van der Waals surface area contributed by atoms with E-state index in [0.29, 0.717) is 18.3 Å². The van der Waals surface area contributed by atoms with E-state index in [2.05, 4.69) is 38.8 Å². The Labute approximate surface area is 153 Å². The van der Waals surface area contributed by atoms with E-state index in [1.54, 1.807) is 6.92 Å². The Kier molecular flexibility index (Phi) is 5.76. The SMILES string of the molecule is Cc1cn([C@H]2C[C@H](O[Si](C)(C)C(C)(C)C)[C@@H](C(O)C=O)O2)c(=O)[nH]c1=O. The van der Waals surface area contributed by atoms with Crippen molar-refractivity contribution in [3.63, 3.8) is 0 Å². The van der Waals surface area contributed by atoms with Gasteiger partial charge in [-0.15, -0.1) is 0 Å². The van der Waals surface area contributed by atoms with E-state index in [1.165, 1.54) is 10.8 Å². The van der Waals surface area contributed by atoms with E-state index in [0.717, 1.165) is 0 Å². The fourth-order valence-electron chi connectivity index (χ4n) is 2.68. The molecule has 1 saturated heterocycles. The highest BCUT2D eigenvalue weighted by atomic mass is 28.4. The molecule has 0 aromatic carbocycles. The number of ether oxygens (including phenoxy) is 1. The summed E-state index contributed by atoms with van der Waals surface area (Å²) in [6.07, 6.45) is -1.35. The summed E-state index contributed by atoms with van der Waals surface area (Å²) >= 11 is 0. The minimum Gasteiger partial charge on any atom is -0.411 e. The molecule has 1 aromatic rings. The number of nitrogens with one attached hydrogen (secondary N) is 1. The summed E-state index contributed by atoms with van der Waals surface area (Å²) in [6.45, 7) is 12.0. The lowest BCUT2D eigenvalue weighted by molar-refractivity contribution is -0.128. The summed E-state index contributed by atoms with van der Waals surface area (Å²) in [4.78, 5) is 37.1. The molecule has 2 N–H and O–H groups in total. The summed E-state index contributed by atoms with van der Waals surface area (Å²) < 4.78 is 13.4. The molecule has 4 atom stereocenters. The second kappa shape index (κ2) is 7.22. The lowest BCUT2D eigenvalue weighted by Crippen LogP contribution is -2.48. The molecular weight excluding hydrogens is 356 g/mol. The van der Waals surface area contributed by atoms with Crippen LogP contribution < -0.4 is 11.2 Å². The number of aliphatic hydroxyl groups is 1. The Morgan fingerprint density at radius 1 is 1.42 bits per heavy atom. The number of aldehydes is 1. The molecule has 146 valence electrons. The van der Waals surface area contributed by atoms with Crippen LogP contribution in [0.4, 0.5) is 0 Å². The number of hydrogen-bond donors (Lipinski definition) is 2. The number of carbonyl (C=O) groups excluding carboxylic acids is 1. The van der Waals surface area contributed by atoms with Crippen LogP contribution in [0.25, 0.3) is 0 Å². The van der Waals surface area contributed by atoms with Gasteiger partial charge in [0.2, 0.25) is 0 Å². The van der Waals surface area contributed by atoms with Crippen LogP contribution in [0.3, 0.4) is 0 Å². The number of rotatable bonds is 5. The van der Waals surface area contributed by atoms with Crippen molar-refractivity contribution in [2.24, 2.45) is 0 Å². The maximum Gasteiger partial charge on any atom is 0.330 e. The van der Waals surface area contributed by atoms with Gasteiger partial charge in [-0.05, 0) is 25.1 Å². The van der Waals surface area contributed by atoms with Gasteiger partial charge in [0, 0.05) is 18.2 Å². The van der Waals surface area contributed by atoms with Crippen LogP contribution in [0.5, 0.6) is 0 Å². The van der Waals surface area contributed by atoms with E-state index in [-0.39, 0.29) is 5.04 Å². The Hall–Kier alpha value is -1.55. The fraction of sp³-hybridized carbons (Fsp3) is 0.706. The highest BCUT2D eigenvalue weighted by Gasteiger charge is 2.47. The average molecular weight is 385 g/mol. The van der Waals surface area contributed by atoms with E-state index in [9.17, 15) is 19.5 Å². The van der Waals surface area contributed by atoms with Gasteiger partial charge in [0.1, 0.15) is 18.4 Å². The molecular formula is C17H28N2O6Si. The van der Waals surface area contributed by atoms with Gasteiger partial charge in [0.15, 0.2) is 14.6 Å². The predicted octanol–water partition coefficient (Wildman–Crippen LogP) is 1.08. The van der Waals surface area contributed by atoms with Crippen LogP contribution in [0.2, 0.25) is 18.1 Å². The third-order valence-electron chi connectivity index (χ3n) is 5.30. The normalized spacial score (nSPS) is 25.3. The molecule has 0 spiro atoms. The van der Waals surface area contributed by atoms with Crippen molar-refractivity contribution < 1.29 is 19.1 Å². The van der Waals surface area contributed by atoms with Crippen molar-refractivity contribution in [1.82, 2.24) is 9.55 Å². The standard InChI is InChI=1S/C17H28N2O6Si/c1-10-8-19(16(23)18-15(10)22)13-7-12(14(24-13)11(21)9-20)25-26(5,6)17(2,3)4/h8-9,11-14,21H,7H2,1-6H3,(H,18,22,23)/t11?,12-,13+,14+/m0/s1. The van der Waals surface area contributed by atoms with E-state index < -0.39 is 44.1 Å². The molecule has 26 heavy (non-hydrogen) atoms. The number of nitrogens with zero attached hydrogens (tertiary/aromatic N) is 1. The first-order chi connectivity index (χ1) is 11.9. The maximum absolute atomic E-state index is 12.1. The average Bonchev–Trinajstić information content (AvgIpc) is 2.91. The summed E-state index contributed by atoms with van der Waals surface area (Å²) in [7, 11) is -2.19. The lowest BCUT2D eigenvalue weighted by Gasteiger charge is -2.39. The number of aromatic amines is 1. The topological polar surface area (TPSA) is 111 Å². The lowest BCUT2D eigenvalue weighted by atomic mass is 10.1. The molecule has 1 aromatic heterocycles. The first-order valence-corrected chi connectivity index (χ1v) is 11.6. The van der Waals surface area contributed by atoms with Crippen molar-refractivity contribution in [2.45, 2.75) is 76.8 Å². The molecule has 0 bridgehead atoms. The first kappa shape index (κ1) is 20.8. The molecule has 8 nitrogen and oxygen atoms in total. The van der Waals surface area contributed by atoms with Gasteiger partial charge in [-0.3, -0.25) is 14.3 Å². The van der Waals surface area contributed by atoms with Gasteiger partial charge in [0.25, 0.3) is 5.56 Å². The minimum absolute atomic E-state index is 0.0623. The van der Waals surface area contributed by atoms with Crippen molar-refractivity contribution in [3.8, 4) is 0 Å². The molecule has 0 saturated carbocycles. The Bertz CT molecular complexity index is 779. The van der Waals surface area contributed by atoms with Crippen LogP contribution >= 0.6 is 0 Å². The monoisotopic (exact) mass is 384 g/mol. The molecule has 0 aliphatic carbocycles. The summed E-state index contributed by atoms with van der Waals surface area (Å²) in [5.41, 5.74) is -0.685. The second-order valence-electron chi connectivity index (χ2n) is 8.31. The van der Waals surface area contributed by atoms with Crippen molar-refractivity contribution >= 4 is 14.6 Å². The van der Waals surface area contributed by atoms with Crippen LogP contribution in [0.1, 0.15) is 39.0 Å². The molecule has 2 heterocycles. The number of aryl methyl sites for hydroxylation is 1. The van der Waals surface area contributed by atoms with E-state index in [1.807, 2.05) is 0 Å². The zero-order valence-corrected chi connectivity index (χ0v) is 17.1. The zero-order chi connectivity index (χ0) is 19.9. The number of aromatic nitrogens is 2. The zero-order valence-electron chi connectivity index (χ0n) is 16.1. The van der Waals surface area contributed by atoms with Gasteiger partial charge in [-0.25, -0.2) is 4.79 Å². The molecule has 1 fully saturated rings. The maximum atomic E-state index is 12.1. The van der Waals surface area contributed by atoms with Crippen molar-refractivity contribution in [3.05, 3.63) is 32.6 Å². The highest BCUT2D eigenvalue weighted by molar-refractivity contribution is 6.74. The van der Waals surface area contributed by atoms with Crippen LogP contribution in [0, 0.1) is 6.92 Å². The molecule has 9 heteroatoms. The van der Waals surface area contributed by atoms with Gasteiger partial charge in [-0.2, -0.15) is 0 Å². The fourth-order valence-corrected chi connectivity index (χ4v) is 4.03. The van der Waals surface area contributed by atoms with Gasteiger partial charge >= 0.3 is 5.69 Å². The van der Waals surface area contributed by atoms with E-state index >= 15 is 0 Å². The number of hydrogen-bond acceptors (Lipinski definition) is 6. The molecule has 1 unspecified atom stereocenters. The second-order valence-corrected chi connectivity index (χ2v) is 13.1. The molecule has 0 amide bonds. The van der Waals surface area contributed by atoms with Crippen LogP contribution in [0.15, 0.2) is 15.8 Å². The highest BCUT2D eigenvalue weighted by Crippen LogP contribution is 2.41. The van der Waals surface area contributed by atoms with Gasteiger partial charge in [0.05, 0.1) is 6.10 Å².